The molecule has 2 aliphatic rings. The van der Waals surface area contributed by atoms with Gasteiger partial charge >= 0.3 is 0 Å². The first-order chi connectivity index (χ1) is 14.9. The van der Waals surface area contributed by atoms with Crippen molar-refractivity contribution in [2.24, 2.45) is 0 Å². The van der Waals surface area contributed by atoms with Crippen LogP contribution >= 0.6 is 0 Å². The second-order valence-corrected chi connectivity index (χ2v) is 18.7. The van der Waals surface area contributed by atoms with Crippen LogP contribution in [0.3, 0.4) is 0 Å². The Labute approximate surface area is 206 Å². The van der Waals surface area contributed by atoms with Crippen molar-refractivity contribution in [1.82, 2.24) is 0 Å². The topological polar surface area (TPSA) is 53.7 Å². The minimum atomic E-state index is -0.778. The molecule has 0 fully saturated rings. The molecule has 0 spiro atoms. The first-order valence-corrected chi connectivity index (χ1v) is 14.7. The molecule has 0 saturated carbocycles. The Bertz CT molecular complexity index is 922. The molecule has 1 aromatic carbocycles. The van der Waals surface area contributed by atoms with Crippen LogP contribution in [-0.2, 0) is 13.6 Å². The molecule has 0 saturated heterocycles. The summed E-state index contributed by atoms with van der Waals surface area (Å²) in [7, 11) is -1.55. The van der Waals surface area contributed by atoms with Crippen LogP contribution in [-0.4, -0.2) is 41.9 Å². The lowest BCUT2D eigenvalue weighted by atomic mass is 9.76. The van der Waals surface area contributed by atoms with E-state index in [9.17, 15) is 0 Å². The molecule has 33 heavy (non-hydrogen) atoms. The van der Waals surface area contributed by atoms with Gasteiger partial charge in [-0.1, -0.05) is 59.8 Å². The summed E-state index contributed by atoms with van der Waals surface area (Å²) in [5, 5.41) is 0.407. The van der Waals surface area contributed by atoms with E-state index < -0.39 is 41.9 Å². The van der Waals surface area contributed by atoms with Crippen LogP contribution in [0.2, 0.25) is 10.1 Å². The molecule has 6 heteroatoms. The smallest absolute Gasteiger partial charge is 0.167 e. The maximum absolute atomic E-state index is 7.09. The minimum Gasteiger partial charge on any atom is -0.415 e. The van der Waals surface area contributed by atoms with Gasteiger partial charge in [0.15, 0.2) is 19.5 Å². The first-order valence-electron chi connectivity index (χ1n) is 12.2. The zero-order valence-electron chi connectivity index (χ0n) is 22.5. The van der Waals surface area contributed by atoms with E-state index in [0.29, 0.717) is 0 Å². The van der Waals surface area contributed by atoms with E-state index in [1.165, 1.54) is 11.1 Å². The van der Waals surface area contributed by atoms with Gasteiger partial charge in [0.25, 0.3) is 0 Å². The fourth-order valence-corrected chi connectivity index (χ4v) is 6.40. The number of hydrogen-bond acceptors (Lipinski definition) is 4. The van der Waals surface area contributed by atoms with Crippen molar-refractivity contribution in [2.45, 2.75) is 108 Å². The summed E-state index contributed by atoms with van der Waals surface area (Å²) in [4.78, 5) is 0. The average Bonchev–Trinajstić information content (AvgIpc) is 2.98. The van der Waals surface area contributed by atoms with Crippen LogP contribution in [0.5, 0.6) is 0 Å². The summed E-state index contributed by atoms with van der Waals surface area (Å²) in [6.45, 7) is 22.3. The molecule has 0 aromatic heterocycles. The molecular weight excluding hydrogens is 442 g/mol. The van der Waals surface area contributed by atoms with E-state index in [-0.39, 0.29) is 10.1 Å². The Hall–Kier alpha value is -1.19. The lowest BCUT2D eigenvalue weighted by molar-refractivity contribution is -0.198. The SMILES string of the molecule is CC(C)(C)[SiH2]OC(C)(C)C12C=CC(C(C)(C)O[SiH2]C(C)(C)C)(CC(c3ccc(N)cc3)=C1)O2. The zero-order valence-corrected chi connectivity index (χ0v) is 25.3. The Kier molecular flexibility index (Phi) is 6.79. The molecule has 2 aliphatic heterocycles. The predicted molar refractivity (Wildman–Crippen MR) is 146 cm³/mol. The highest BCUT2D eigenvalue weighted by atomic mass is 28.2. The fraction of sp³-hybridized carbons (Fsp3) is 0.630. The molecule has 1 aromatic rings. The molecule has 184 valence electrons. The quantitative estimate of drug-likeness (QED) is 0.321. The Balaban J connectivity index is 2.05. The molecule has 2 N–H and O–H groups in total. The van der Waals surface area contributed by atoms with Crippen molar-refractivity contribution < 1.29 is 13.6 Å². The second-order valence-electron chi connectivity index (χ2n) is 13.3. The Morgan fingerprint density at radius 2 is 1.30 bits per heavy atom. The van der Waals surface area contributed by atoms with E-state index >= 15 is 0 Å². The number of anilines is 1. The van der Waals surface area contributed by atoms with Crippen molar-refractivity contribution in [3.63, 3.8) is 0 Å². The number of rotatable bonds is 7. The van der Waals surface area contributed by atoms with Crippen LogP contribution in [0.15, 0.2) is 42.5 Å². The van der Waals surface area contributed by atoms with Crippen molar-refractivity contribution in [1.29, 1.82) is 0 Å². The predicted octanol–water partition coefficient (Wildman–Crippen LogP) is 5.31. The highest BCUT2D eigenvalue weighted by molar-refractivity contribution is 6.32. The van der Waals surface area contributed by atoms with E-state index in [0.717, 1.165) is 12.1 Å². The third kappa shape index (κ3) is 5.56. The van der Waals surface area contributed by atoms with Gasteiger partial charge in [0, 0.05) is 12.1 Å². The number of nitrogens with two attached hydrogens (primary N) is 1. The third-order valence-corrected chi connectivity index (χ3v) is 10.2. The van der Waals surface area contributed by atoms with Gasteiger partial charge in [0.05, 0.1) is 11.2 Å². The van der Waals surface area contributed by atoms with Crippen molar-refractivity contribution in [2.75, 3.05) is 5.73 Å². The molecule has 0 radical (unpaired) electrons. The highest BCUT2D eigenvalue weighted by Crippen LogP contribution is 2.55. The van der Waals surface area contributed by atoms with Gasteiger partial charge in [-0.3, -0.25) is 0 Å². The number of ether oxygens (including phenoxy) is 1. The van der Waals surface area contributed by atoms with Crippen LogP contribution in [0, 0.1) is 0 Å². The van der Waals surface area contributed by atoms with Crippen molar-refractivity contribution in [3.05, 3.63) is 48.1 Å². The maximum Gasteiger partial charge on any atom is 0.167 e. The lowest BCUT2D eigenvalue weighted by Crippen LogP contribution is -2.61. The highest BCUT2D eigenvalue weighted by Gasteiger charge is 2.61. The van der Waals surface area contributed by atoms with E-state index in [2.05, 4.69) is 99.6 Å². The normalized spacial score (nSPS) is 26.7. The van der Waals surface area contributed by atoms with Gasteiger partial charge in [-0.25, -0.2) is 0 Å². The molecule has 2 heterocycles. The van der Waals surface area contributed by atoms with Gasteiger partial charge in [-0.2, -0.15) is 0 Å². The van der Waals surface area contributed by atoms with Crippen molar-refractivity contribution >= 4 is 30.8 Å². The number of benzene rings is 1. The molecule has 0 amide bonds. The number of nitrogen functional groups attached to an aromatic ring is 1. The molecule has 0 aliphatic carbocycles. The summed E-state index contributed by atoms with van der Waals surface area (Å²) >= 11 is 0. The van der Waals surface area contributed by atoms with Gasteiger partial charge in [-0.15, -0.1) is 0 Å². The fourth-order valence-electron chi connectivity index (χ4n) is 4.34. The molecule has 2 unspecified atom stereocenters. The molecule has 2 atom stereocenters. The maximum atomic E-state index is 7.09. The van der Waals surface area contributed by atoms with Crippen LogP contribution < -0.4 is 5.73 Å². The summed E-state index contributed by atoms with van der Waals surface area (Å²) in [6.07, 6.45) is 7.54. The number of hydrogen-bond donors (Lipinski definition) is 1. The lowest BCUT2D eigenvalue weighted by Gasteiger charge is -2.52. The van der Waals surface area contributed by atoms with E-state index in [4.69, 9.17) is 19.3 Å². The molecule has 2 bridgehead atoms. The Morgan fingerprint density at radius 1 is 0.788 bits per heavy atom. The van der Waals surface area contributed by atoms with Gasteiger partial charge in [-0.05, 0) is 73.2 Å². The standard InChI is InChI=1S/C27H45NO3Si2/c1-22(2,3)32-30-24(7,8)26-15-16-27(29-26,25(9,10)31-33-23(4,5)6)18-20(17-26)19-11-13-21(28)14-12-19/h11-17H,18,28,32-33H2,1-10H3. The number of fused-ring (bicyclic) bond motifs is 2. The van der Waals surface area contributed by atoms with E-state index in [1.807, 2.05) is 12.1 Å². The van der Waals surface area contributed by atoms with E-state index in [1.54, 1.807) is 0 Å². The minimum absolute atomic E-state index is 0.201. The van der Waals surface area contributed by atoms with Gasteiger partial charge < -0.3 is 19.3 Å². The van der Waals surface area contributed by atoms with Crippen LogP contribution in [0.25, 0.3) is 5.57 Å². The molecule has 3 rings (SSSR count). The zero-order chi connectivity index (χ0) is 24.9. The summed E-state index contributed by atoms with van der Waals surface area (Å²) in [6, 6.07) is 8.18. The van der Waals surface area contributed by atoms with Crippen molar-refractivity contribution in [3.8, 4) is 0 Å². The first kappa shape index (κ1) is 26.4. The van der Waals surface area contributed by atoms with Gasteiger partial charge in [0.2, 0.25) is 0 Å². The van der Waals surface area contributed by atoms with Crippen LogP contribution in [0.1, 0.15) is 81.2 Å². The van der Waals surface area contributed by atoms with Crippen LogP contribution in [0.4, 0.5) is 5.69 Å². The monoisotopic (exact) mass is 487 g/mol. The Morgan fingerprint density at radius 3 is 1.82 bits per heavy atom. The summed E-state index contributed by atoms with van der Waals surface area (Å²) in [5.74, 6) is 0. The molecular formula is C27H45NO3Si2. The third-order valence-electron chi connectivity index (χ3n) is 6.77. The van der Waals surface area contributed by atoms with Gasteiger partial charge in [0.1, 0.15) is 11.2 Å². The summed E-state index contributed by atoms with van der Waals surface area (Å²) in [5.41, 5.74) is 7.03. The largest absolute Gasteiger partial charge is 0.415 e. The average molecular weight is 488 g/mol. The summed E-state index contributed by atoms with van der Waals surface area (Å²) < 4.78 is 20.5. The molecule has 4 nitrogen and oxygen atoms in total. The second kappa shape index (κ2) is 8.49.